The predicted octanol–water partition coefficient (Wildman–Crippen LogP) is 6.46. The van der Waals surface area contributed by atoms with Crippen LogP contribution in [0.15, 0.2) is 78.5 Å². The number of carbonyl (C=O) groups is 2. The summed E-state index contributed by atoms with van der Waals surface area (Å²) in [5.41, 5.74) is 6.60. The molecule has 4 rings (SSSR count). The second kappa shape index (κ2) is 10.1. The van der Waals surface area contributed by atoms with Crippen LogP contribution in [0.25, 0.3) is 5.57 Å². The molecule has 0 unspecified atom stereocenters. The average molecular weight is 453 g/mol. The van der Waals surface area contributed by atoms with Crippen molar-refractivity contribution in [1.29, 1.82) is 0 Å². The third-order valence-electron chi connectivity index (χ3n) is 6.52. The molecule has 2 amide bonds. The van der Waals surface area contributed by atoms with Crippen LogP contribution < -0.4 is 9.80 Å². The van der Waals surface area contributed by atoms with Crippen LogP contribution in [0.4, 0.5) is 11.4 Å². The van der Waals surface area contributed by atoms with Gasteiger partial charge >= 0.3 is 0 Å². The van der Waals surface area contributed by atoms with E-state index in [2.05, 4.69) is 6.92 Å². The fourth-order valence-corrected chi connectivity index (χ4v) is 4.43. The van der Waals surface area contributed by atoms with E-state index >= 15 is 0 Å². The Morgan fingerprint density at radius 1 is 0.794 bits per heavy atom. The maximum Gasteiger partial charge on any atom is 0.282 e. The second-order valence-electron chi connectivity index (χ2n) is 8.82. The van der Waals surface area contributed by atoms with Crippen LogP contribution in [0.5, 0.6) is 0 Å². The van der Waals surface area contributed by atoms with E-state index in [0.29, 0.717) is 23.5 Å². The van der Waals surface area contributed by atoms with Gasteiger partial charge in [0.1, 0.15) is 5.70 Å². The van der Waals surface area contributed by atoms with Gasteiger partial charge in [0.2, 0.25) is 0 Å². The predicted molar refractivity (Wildman–Crippen MR) is 140 cm³/mol. The summed E-state index contributed by atoms with van der Waals surface area (Å²) in [7, 11) is 0. The minimum atomic E-state index is -0.287. The van der Waals surface area contributed by atoms with Gasteiger partial charge in [-0.05, 0) is 80.1 Å². The molecule has 0 radical (unpaired) electrons. The minimum Gasteiger partial charge on any atom is -0.337 e. The van der Waals surface area contributed by atoms with E-state index in [1.165, 1.54) is 10.5 Å². The fraction of sp³-hybridized carbons (Fsp3) is 0.267. The summed E-state index contributed by atoms with van der Waals surface area (Å²) in [5, 5.41) is 0. The Kier molecular flexibility index (Phi) is 6.97. The molecule has 174 valence electrons. The first-order valence-corrected chi connectivity index (χ1v) is 12.1. The monoisotopic (exact) mass is 452 g/mol. The molecule has 1 aliphatic rings. The van der Waals surface area contributed by atoms with Crippen LogP contribution in [-0.4, -0.2) is 18.4 Å². The van der Waals surface area contributed by atoms with E-state index in [1.807, 2.05) is 98.5 Å². The Labute approximate surface area is 202 Å². The van der Waals surface area contributed by atoms with Crippen LogP contribution in [-0.2, 0) is 16.0 Å². The summed E-state index contributed by atoms with van der Waals surface area (Å²) in [5.74, 6) is -0.566. The number of likely N-dealkylation sites (N-methyl/N-ethyl adjacent to an activating group) is 1. The maximum absolute atomic E-state index is 13.9. The summed E-state index contributed by atoms with van der Waals surface area (Å²) >= 11 is 0. The van der Waals surface area contributed by atoms with E-state index < -0.39 is 0 Å². The van der Waals surface area contributed by atoms with E-state index in [0.717, 1.165) is 41.6 Å². The lowest BCUT2D eigenvalue weighted by atomic mass is 9.99. The Bertz CT molecular complexity index is 1230. The minimum absolute atomic E-state index is 0.279. The highest BCUT2D eigenvalue weighted by molar-refractivity contribution is 6.46. The number of amides is 2. The van der Waals surface area contributed by atoms with Gasteiger partial charge in [-0.25, -0.2) is 4.90 Å². The molecule has 0 N–H and O–H groups in total. The van der Waals surface area contributed by atoms with Crippen LogP contribution in [0.3, 0.4) is 0 Å². The number of carbonyl (C=O) groups excluding carboxylic acids is 2. The van der Waals surface area contributed by atoms with Crippen molar-refractivity contribution in [2.45, 2.75) is 47.0 Å². The Morgan fingerprint density at radius 3 is 2.12 bits per heavy atom. The molecule has 0 atom stereocenters. The summed E-state index contributed by atoms with van der Waals surface area (Å²) in [6.07, 6.45) is 3.24. The standard InChI is InChI=1S/C30H32N2O2/c1-5-7-11-23-15-18-26(19-16-23)32-29(33)27(24-17-14-21(3)22(4)20-24)28(30(32)34)31(6-2)25-12-9-8-10-13-25/h8-10,12-20H,5-7,11H2,1-4H3. The lowest BCUT2D eigenvalue weighted by Crippen LogP contribution is -2.35. The molecule has 0 spiro atoms. The molecule has 0 aliphatic carbocycles. The highest BCUT2D eigenvalue weighted by atomic mass is 16.2. The number of hydrogen-bond acceptors (Lipinski definition) is 3. The number of aryl methyl sites for hydroxylation is 3. The van der Waals surface area contributed by atoms with Crippen molar-refractivity contribution in [3.8, 4) is 0 Å². The smallest absolute Gasteiger partial charge is 0.282 e. The number of imide groups is 1. The molecule has 34 heavy (non-hydrogen) atoms. The Balaban J connectivity index is 1.82. The van der Waals surface area contributed by atoms with Gasteiger partial charge in [-0.3, -0.25) is 9.59 Å². The van der Waals surface area contributed by atoms with Crippen molar-refractivity contribution in [2.75, 3.05) is 16.3 Å². The molecular weight excluding hydrogens is 420 g/mol. The van der Waals surface area contributed by atoms with Gasteiger partial charge in [0.15, 0.2) is 0 Å². The van der Waals surface area contributed by atoms with Gasteiger partial charge in [0, 0.05) is 12.2 Å². The lowest BCUT2D eigenvalue weighted by Gasteiger charge is -2.25. The molecule has 1 heterocycles. The highest BCUT2D eigenvalue weighted by Crippen LogP contribution is 2.37. The molecule has 0 fully saturated rings. The molecule has 3 aromatic carbocycles. The second-order valence-corrected chi connectivity index (χ2v) is 8.82. The van der Waals surface area contributed by atoms with E-state index in [9.17, 15) is 9.59 Å². The Morgan fingerprint density at radius 2 is 1.50 bits per heavy atom. The van der Waals surface area contributed by atoms with Crippen molar-refractivity contribution >= 4 is 28.8 Å². The molecule has 0 saturated heterocycles. The summed E-state index contributed by atoms with van der Waals surface area (Å²) in [6.45, 7) is 8.81. The average Bonchev–Trinajstić information content (AvgIpc) is 3.11. The zero-order valence-corrected chi connectivity index (χ0v) is 20.5. The molecule has 0 saturated carbocycles. The molecule has 1 aliphatic heterocycles. The summed E-state index contributed by atoms with van der Waals surface area (Å²) in [6, 6.07) is 23.6. The first-order valence-electron chi connectivity index (χ1n) is 12.1. The SMILES string of the molecule is CCCCc1ccc(N2C(=O)C(c3ccc(C)c(C)c3)=C(N(CC)c3ccccc3)C2=O)cc1. The lowest BCUT2D eigenvalue weighted by molar-refractivity contribution is -0.120. The fourth-order valence-electron chi connectivity index (χ4n) is 4.43. The molecular formula is C30H32N2O2. The van der Waals surface area contributed by atoms with Crippen molar-refractivity contribution < 1.29 is 9.59 Å². The number of nitrogens with zero attached hydrogens (tertiary/aromatic N) is 2. The quantitative estimate of drug-likeness (QED) is 0.368. The van der Waals surface area contributed by atoms with Gasteiger partial charge in [0.25, 0.3) is 11.8 Å². The third kappa shape index (κ3) is 4.41. The number of para-hydroxylation sites is 1. The van der Waals surface area contributed by atoms with Gasteiger partial charge in [-0.15, -0.1) is 0 Å². The third-order valence-corrected chi connectivity index (χ3v) is 6.52. The maximum atomic E-state index is 13.9. The molecule has 4 heteroatoms. The zero-order valence-electron chi connectivity index (χ0n) is 20.5. The summed E-state index contributed by atoms with van der Waals surface area (Å²) < 4.78 is 0. The topological polar surface area (TPSA) is 40.6 Å². The highest BCUT2D eigenvalue weighted by Gasteiger charge is 2.42. The number of rotatable bonds is 8. The molecule has 4 nitrogen and oxygen atoms in total. The number of benzene rings is 3. The van der Waals surface area contributed by atoms with Crippen LogP contribution in [0.1, 0.15) is 48.9 Å². The molecule has 0 aromatic heterocycles. The van der Waals surface area contributed by atoms with Crippen LogP contribution in [0.2, 0.25) is 0 Å². The van der Waals surface area contributed by atoms with Crippen LogP contribution >= 0.6 is 0 Å². The first-order chi connectivity index (χ1) is 16.5. The van der Waals surface area contributed by atoms with Gasteiger partial charge < -0.3 is 4.90 Å². The van der Waals surface area contributed by atoms with Gasteiger partial charge in [0.05, 0.1) is 11.3 Å². The van der Waals surface area contributed by atoms with Crippen molar-refractivity contribution in [2.24, 2.45) is 0 Å². The van der Waals surface area contributed by atoms with Crippen molar-refractivity contribution in [1.82, 2.24) is 0 Å². The molecule has 0 bridgehead atoms. The van der Waals surface area contributed by atoms with Crippen molar-refractivity contribution in [3.05, 3.63) is 101 Å². The Hall–Kier alpha value is -3.66. The van der Waals surface area contributed by atoms with E-state index in [1.54, 1.807) is 0 Å². The van der Waals surface area contributed by atoms with Crippen LogP contribution in [0, 0.1) is 13.8 Å². The number of anilines is 2. The van der Waals surface area contributed by atoms with Crippen molar-refractivity contribution in [3.63, 3.8) is 0 Å². The van der Waals surface area contributed by atoms with Gasteiger partial charge in [-0.2, -0.15) is 0 Å². The van der Waals surface area contributed by atoms with E-state index in [4.69, 9.17) is 0 Å². The normalized spacial score (nSPS) is 13.7. The number of unbranched alkanes of at least 4 members (excludes halogenated alkanes) is 1. The molecule has 3 aromatic rings. The zero-order chi connectivity index (χ0) is 24.2. The largest absolute Gasteiger partial charge is 0.337 e. The number of hydrogen-bond donors (Lipinski definition) is 0. The van der Waals surface area contributed by atoms with E-state index in [-0.39, 0.29) is 11.8 Å². The van der Waals surface area contributed by atoms with Gasteiger partial charge in [-0.1, -0.05) is 61.9 Å². The summed E-state index contributed by atoms with van der Waals surface area (Å²) in [4.78, 5) is 31.0. The first kappa shape index (κ1) is 23.5.